The van der Waals surface area contributed by atoms with E-state index in [0.29, 0.717) is 12.6 Å². The number of nitrogens with two attached hydrogens (primary N) is 1. The third-order valence-corrected chi connectivity index (χ3v) is 3.59. The molecule has 2 rings (SSSR count). The molecule has 1 aromatic rings. The monoisotopic (exact) mass is 211 g/mol. The number of thioether (sulfide) groups is 1. The molecular formula is C10H17N3S. The van der Waals surface area contributed by atoms with E-state index in [1.807, 2.05) is 11.8 Å². The summed E-state index contributed by atoms with van der Waals surface area (Å²) in [5.41, 5.74) is 9.71. The van der Waals surface area contributed by atoms with Crippen LogP contribution in [0.25, 0.3) is 0 Å². The van der Waals surface area contributed by atoms with Gasteiger partial charge in [0.1, 0.15) is 0 Å². The third kappa shape index (κ3) is 1.57. The number of aromatic nitrogens is 2. The molecular weight excluding hydrogens is 194 g/mol. The predicted molar refractivity (Wildman–Crippen MR) is 60.4 cm³/mol. The molecule has 0 bridgehead atoms. The molecule has 2 N–H and O–H groups in total. The number of hydrogen-bond donors (Lipinski definition) is 1. The summed E-state index contributed by atoms with van der Waals surface area (Å²) in [4.78, 5) is 0. The van der Waals surface area contributed by atoms with Gasteiger partial charge in [0.2, 0.25) is 0 Å². The van der Waals surface area contributed by atoms with Gasteiger partial charge in [-0.1, -0.05) is 0 Å². The molecule has 0 saturated carbocycles. The van der Waals surface area contributed by atoms with E-state index >= 15 is 0 Å². The third-order valence-electron chi connectivity index (χ3n) is 2.62. The Hall–Kier alpha value is -0.480. The predicted octanol–water partition coefficient (Wildman–Crippen LogP) is 1.71. The van der Waals surface area contributed by atoms with Crippen molar-refractivity contribution < 1.29 is 0 Å². The molecule has 1 aliphatic heterocycles. The first-order valence-electron chi connectivity index (χ1n) is 5.11. The molecule has 0 fully saturated rings. The molecule has 14 heavy (non-hydrogen) atoms. The molecule has 1 aromatic heterocycles. The first kappa shape index (κ1) is 10.1. The van der Waals surface area contributed by atoms with E-state index in [1.54, 1.807) is 0 Å². The van der Waals surface area contributed by atoms with Crippen molar-refractivity contribution in [2.75, 3.05) is 5.75 Å². The van der Waals surface area contributed by atoms with Crippen molar-refractivity contribution in [2.45, 2.75) is 38.6 Å². The highest BCUT2D eigenvalue weighted by Gasteiger charge is 2.20. The Bertz CT molecular complexity index is 330. The first-order valence-corrected chi connectivity index (χ1v) is 6.26. The SMILES string of the molecule is CC(C)n1nc2c(c1CN)CCSC2. The van der Waals surface area contributed by atoms with Gasteiger partial charge < -0.3 is 5.73 Å². The molecule has 2 heterocycles. The summed E-state index contributed by atoms with van der Waals surface area (Å²) < 4.78 is 2.09. The zero-order valence-electron chi connectivity index (χ0n) is 8.79. The van der Waals surface area contributed by atoms with Crippen molar-refractivity contribution in [1.82, 2.24) is 9.78 Å². The largest absolute Gasteiger partial charge is 0.325 e. The van der Waals surface area contributed by atoms with E-state index in [-0.39, 0.29) is 0 Å². The van der Waals surface area contributed by atoms with Gasteiger partial charge in [0, 0.05) is 18.3 Å². The van der Waals surface area contributed by atoms with Crippen LogP contribution >= 0.6 is 11.8 Å². The van der Waals surface area contributed by atoms with Crippen LogP contribution in [0.2, 0.25) is 0 Å². The highest BCUT2D eigenvalue weighted by atomic mass is 32.2. The van der Waals surface area contributed by atoms with Crippen LogP contribution in [0, 0.1) is 0 Å². The van der Waals surface area contributed by atoms with Crippen LogP contribution in [0.5, 0.6) is 0 Å². The Balaban J connectivity index is 2.46. The lowest BCUT2D eigenvalue weighted by Crippen LogP contribution is -2.12. The Morgan fingerprint density at radius 2 is 2.36 bits per heavy atom. The lowest BCUT2D eigenvalue weighted by atomic mass is 10.1. The quantitative estimate of drug-likeness (QED) is 0.810. The van der Waals surface area contributed by atoms with Crippen LogP contribution in [0.4, 0.5) is 0 Å². The topological polar surface area (TPSA) is 43.8 Å². The van der Waals surface area contributed by atoms with Gasteiger partial charge in [0.05, 0.1) is 11.4 Å². The van der Waals surface area contributed by atoms with Crippen molar-refractivity contribution in [2.24, 2.45) is 5.73 Å². The number of hydrogen-bond acceptors (Lipinski definition) is 3. The minimum Gasteiger partial charge on any atom is -0.325 e. The smallest absolute Gasteiger partial charge is 0.0759 e. The van der Waals surface area contributed by atoms with E-state index in [0.717, 1.165) is 12.2 Å². The second kappa shape index (κ2) is 3.95. The second-order valence-corrected chi connectivity index (χ2v) is 5.02. The van der Waals surface area contributed by atoms with Gasteiger partial charge in [-0.3, -0.25) is 4.68 Å². The van der Waals surface area contributed by atoms with E-state index in [2.05, 4.69) is 23.6 Å². The summed E-state index contributed by atoms with van der Waals surface area (Å²) in [5, 5.41) is 4.64. The van der Waals surface area contributed by atoms with E-state index < -0.39 is 0 Å². The fourth-order valence-electron chi connectivity index (χ4n) is 1.95. The number of rotatable bonds is 2. The lowest BCUT2D eigenvalue weighted by Gasteiger charge is -2.11. The average molecular weight is 211 g/mol. The Morgan fingerprint density at radius 1 is 1.57 bits per heavy atom. The van der Waals surface area contributed by atoms with Gasteiger partial charge in [0.15, 0.2) is 0 Å². The molecule has 0 saturated heterocycles. The maximum atomic E-state index is 5.79. The van der Waals surface area contributed by atoms with Crippen LogP contribution in [-0.2, 0) is 18.7 Å². The summed E-state index contributed by atoms with van der Waals surface area (Å²) in [5.74, 6) is 2.27. The molecule has 0 atom stereocenters. The maximum absolute atomic E-state index is 5.79. The molecule has 78 valence electrons. The summed E-state index contributed by atoms with van der Waals surface area (Å²) in [6.45, 7) is 4.93. The minimum atomic E-state index is 0.421. The zero-order chi connectivity index (χ0) is 10.1. The summed E-state index contributed by atoms with van der Waals surface area (Å²) >= 11 is 1.97. The lowest BCUT2D eigenvalue weighted by molar-refractivity contribution is 0.506. The van der Waals surface area contributed by atoms with Gasteiger partial charge in [-0.25, -0.2) is 0 Å². The van der Waals surface area contributed by atoms with Gasteiger partial charge >= 0.3 is 0 Å². The molecule has 0 unspecified atom stereocenters. The van der Waals surface area contributed by atoms with Crippen molar-refractivity contribution in [1.29, 1.82) is 0 Å². The fraction of sp³-hybridized carbons (Fsp3) is 0.700. The van der Waals surface area contributed by atoms with Gasteiger partial charge in [-0.15, -0.1) is 0 Å². The van der Waals surface area contributed by atoms with E-state index in [1.165, 1.54) is 22.7 Å². The van der Waals surface area contributed by atoms with Crippen LogP contribution in [0.3, 0.4) is 0 Å². The molecule has 4 heteroatoms. The average Bonchev–Trinajstić information content (AvgIpc) is 2.56. The van der Waals surface area contributed by atoms with Crippen LogP contribution < -0.4 is 5.73 Å². The van der Waals surface area contributed by atoms with E-state index in [4.69, 9.17) is 5.73 Å². The number of fused-ring (bicyclic) bond motifs is 1. The minimum absolute atomic E-state index is 0.421. The van der Waals surface area contributed by atoms with Gasteiger partial charge in [-0.2, -0.15) is 16.9 Å². The Morgan fingerprint density at radius 3 is 3.00 bits per heavy atom. The second-order valence-electron chi connectivity index (χ2n) is 3.92. The van der Waals surface area contributed by atoms with Gasteiger partial charge in [-0.05, 0) is 31.6 Å². The summed E-state index contributed by atoms with van der Waals surface area (Å²) in [6.07, 6.45) is 1.14. The fourth-order valence-corrected chi connectivity index (χ4v) is 2.87. The zero-order valence-corrected chi connectivity index (χ0v) is 9.60. The van der Waals surface area contributed by atoms with E-state index in [9.17, 15) is 0 Å². The normalized spacial score (nSPS) is 16.0. The van der Waals surface area contributed by atoms with Crippen LogP contribution in [-0.4, -0.2) is 15.5 Å². The van der Waals surface area contributed by atoms with Crippen molar-refractivity contribution >= 4 is 11.8 Å². The highest BCUT2D eigenvalue weighted by Crippen LogP contribution is 2.27. The van der Waals surface area contributed by atoms with Gasteiger partial charge in [0.25, 0.3) is 0 Å². The molecule has 0 aliphatic carbocycles. The summed E-state index contributed by atoms with van der Waals surface area (Å²) in [6, 6.07) is 0.421. The molecule has 1 aliphatic rings. The van der Waals surface area contributed by atoms with Crippen molar-refractivity contribution in [3.05, 3.63) is 17.0 Å². The van der Waals surface area contributed by atoms with Crippen molar-refractivity contribution in [3.8, 4) is 0 Å². The molecule has 0 aromatic carbocycles. The molecule has 0 amide bonds. The molecule has 0 radical (unpaired) electrons. The van der Waals surface area contributed by atoms with Crippen molar-refractivity contribution in [3.63, 3.8) is 0 Å². The molecule has 0 spiro atoms. The Kier molecular flexibility index (Phi) is 2.83. The summed E-state index contributed by atoms with van der Waals surface area (Å²) in [7, 11) is 0. The van der Waals surface area contributed by atoms with Crippen LogP contribution in [0.1, 0.15) is 36.8 Å². The number of nitrogens with zero attached hydrogens (tertiary/aromatic N) is 2. The highest BCUT2D eigenvalue weighted by molar-refractivity contribution is 7.98. The maximum Gasteiger partial charge on any atom is 0.0759 e. The first-order chi connectivity index (χ1) is 6.74. The molecule has 3 nitrogen and oxygen atoms in total. The van der Waals surface area contributed by atoms with Crippen LogP contribution in [0.15, 0.2) is 0 Å². The Labute approximate surface area is 89.1 Å². The standard InChI is InChI=1S/C10H17N3S/c1-7(2)13-10(5-11)8-3-4-14-6-9(8)12-13/h7H,3-6,11H2,1-2H3.